The minimum atomic E-state index is -0.562. The molecule has 140 valence electrons. The van der Waals surface area contributed by atoms with Crippen molar-refractivity contribution in [2.45, 2.75) is 26.4 Å². The summed E-state index contributed by atoms with van der Waals surface area (Å²) in [4.78, 5) is 26.1. The van der Waals surface area contributed by atoms with Crippen molar-refractivity contribution in [2.75, 3.05) is 16.8 Å². The number of halogens is 1. The number of rotatable bonds is 5. The molecule has 0 radical (unpaired) electrons. The summed E-state index contributed by atoms with van der Waals surface area (Å²) in [7, 11) is 0. The van der Waals surface area contributed by atoms with Crippen molar-refractivity contribution in [2.24, 2.45) is 0 Å². The van der Waals surface area contributed by atoms with E-state index in [1.165, 1.54) is 18.2 Å². The Labute approximate surface area is 157 Å². The van der Waals surface area contributed by atoms with Gasteiger partial charge in [-0.3, -0.25) is 9.59 Å². The van der Waals surface area contributed by atoms with E-state index in [4.69, 9.17) is 4.74 Å². The predicted octanol–water partition coefficient (Wildman–Crippen LogP) is 4.00. The molecule has 0 fully saturated rings. The zero-order valence-electron chi connectivity index (χ0n) is 15.2. The number of amides is 2. The van der Waals surface area contributed by atoms with Gasteiger partial charge in [0.2, 0.25) is 5.91 Å². The summed E-state index contributed by atoms with van der Waals surface area (Å²) in [6, 6.07) is 11.1. The Balaban J connectivity index is 1.73. The van der Waals surface area contributed by atoms with E-state index in [1.807, 2.05) is 6.92 Å². The molecule has 1 N–H and O–H groups in total. The predicted molar refractivity (Wildman–Crippen MR) is 103 cm³/mol. The van der Waals surface area contributed by atoms with Gasteiger partial charge in [-0.2, -0.15) is 0 Å². The van der Waals surface area contributed by atoms with Gasteiger partial charge >= 0.3 is 0 Å². The molecule has 0 saturated heterocycles. The topological polar surface area (TPSA) is 58.6 Å². The summed E-state index contributed by atoms with van der Waals surface area (Å²) < 4.78 is 18.6. The molecule has 0 aromatic heterocycles. The van der Waals surface area contributed by atoms with Crippen LogP contribution in [0.1, 0.15) is 25.8 Å². The fourth-order valence-corrected chi connectivity index (χ4v) is 2.87. The quantitative estimate of drug-likeness (QED) is 0.812. The molecule has 0 spiro atoms. The lowest BCUT2D eigenvalue weighted by atomic mass is 10.1. The van der Waals surface area contributed by atoms with Crippen molar-refractivity contribution in [1.82, 2.24) is 0 Å². The van der Waals surface area contributed by atoms with Gasteiger partial charge in [0.15, 0.2) is 6.10 Å². The largest absolute Gasteiger partial charge is 0.479 e. The lowest BCUT2D eigenvalue weighted by Gasteiger charge is -2.33. The van der Waals surface area contributed by atoms with Gasteiger partial charge in [-0.1, -0.05) is 19.1 Å². The number of hydrogen-bond acceptors (Lipinski definition) is 3. The van der Waals surface area contributed by atoms with Crippen molar-refractivity contribution in [1.29, 1.82) is 0 Å². The van der Waals surface area contributed by atoms with Crippen LogP contribution in [0.15, 0.2) is 48.5 Å². The van der Waals surface area contributed by atoms with Gasteiger partial charge in [0, 0.05) is 24.4 Å². The Morgan fingerprint density at radius 2 is 2.00 bits per heavy atom. The lowest BCUT2D eigenvalue weighted by molar-refractivity contribution is -0.125. The summed E-state index contributed by atoms with van der Waals surface area (Å²) in [5.74, 6) is -0.139. The molecule has 2 aromatic rings. The number of ether oxygens (including phenoxy) is 1. The van der Waals surface area contributed by atoms with Crippen LogP contribution in [0.3, 0.4) is 0 Å². The first-order valence-electron chi connectivity index (χ1n) is 8.84. The first kappa shape index (κ1) is 18.6. The van der Waals surface area contributed by atoms with Crippen molar-refractivity contribution < 1.29 is 18.7 Å². The van der Waals surface area contributed by atoms with Crippen LogP contribution in [0, 0.1) is 5.82 Å². The second-order valence-corrected chi connectivity index (χ2v) is 6.31. The molecule has 2 amide bonds. The van der Waals surface area contributed by atoms with E-state index in [9.17, 15) is 14.0 Å². The van der Waals surface area contributed by atoms with E-state index in [0.29, 0.717) is 23.7 Å². The molecule has 1 aliphatic heterocycles. The fraction of sp³-hybridized carbons (Fsp3) is 0.238. The molecule has 5 nitrogen and oxygen atoms in total. The Kier molecular flexibility index (Phi) is 5.54. The number of carbonyl (C=O) groups is 2. The lowest BCUT2D eigenvalue weighted by Crippen LogP contribution is -2.44. The maximum Gasteiger partial charge on any atom is 0.267 e. The van der Waals surface area contributed by atoms with Crippen LogP contribution in [0.4, 0.5) is 15.8 Å². The highest BCUT2D eigenvalue weighted by Gasteiger charge is 2.31. The van der Waals surface area contributed by atoms with Crippen LogP contribution in [0.5, 0.6) is 5.75 Å². The molecule has 1 atom stereocenters. The minimum Gasteiger partial charge on any atom is -0.479 e. The van der Waals surface area contributed by atoms with Gasteiger partial charge in [0.25, 0.3) is 5.91 Å². The smallest absolute Gasteiger partial charge is 0.267 e. The average Bonchev–Trinajstić information content (AvgIpc) is 2.65. The highest BCUT2D eigenvalue weighted by Crippen LogP contribution is 2.36. The van der Waals surface area contributed by atoms with Crippen molar-refractivity contribution in [3.05, 3.63) is 59.9 Å². The van der Waals surface area contributed by atoms with Crippen LogP contribution in [0.25, 0.3) is 6.08 Å². The normalized spacial score (nSPS) is 16.2. The Bertz CT molecular complexity index is 877. The Morgan fingerprint density at radius 1 is 1.26 bits per heavy atom. The third-order valence-corrected chi connectivity index (χ3v) is 4.18. The average molecular weight is 368 g/mol. The van der Waals surface area contributed by atoms with Gasteiger partial charge in [-0.05, 0) is 49.2 Å². The van der Waals surface area contributed by atoms with Gasteiger partial charge < -0.3 is 15.0 Å². The summed E-state index contributed by atoms with van der Waals surface area (Å²) in [6.07, 6.45) is 3.26. The number of carbonyl (C=O) groups excluding carboxylic acids is 2. The molecule has 0 bridgehead atoms. The van der Waals surface area contributed by atoms with E-state index >= 15 is 0 Å². The maximum atomic E-state index is 12.9. The van der Waals surface area contributed by atoms with Crippen molar-refractivity contribution >= 4 is 29.3 Å². The molecule has 1 aliphatic rings. The van der Waals surface area contributed by atoms with Gasteiger partial charge in [0.05, 0.1) is 5.69 Å². The van der Waals surface area contributed by atoms with Gasteiger partial charge in [-0.15, -0.1) is 0 Å². The molecule has 27 heavy (non-hydrogen) atoms. The van der Waals surface area contributed by atoms with Gasteiger partial charge in [-0.25, -0.2) is 4.39 Å². The first-order valence-corrected chi connectivity index (χ1v) is 8.84. The fourth-order valence-electron chi connectivity index (χ4n) is 2.87. The van der Waals surface area contributed by atoms with E-state index in [0.717, 1.165) is 12.0 Å². The molecule has 0 saturated carbocycles. The van der Waals surface area contributed by atoms with E-state index in [2.05, 4.69) is 5.32 Å². The molecule has 3 rings (SSSR count). The van der Waals surface area contributed by atoms with Gasteiger partial charge in [0.1, 0.15) is 11.6 Å². The number of nitrogens with one attached hydrogen (secondary N) is 1. The molecular formula is C21H21FN2O3. The van der Waals surface area contributed by atoms with E-state index in [1.54, 1.807) is 48.2 Å². The summed E-state index contributed by atoms with van der Waals surface area (Å²) >= 11 is 0. The maximum absolute atomic E-state index is 12.9. The number of benzene rings is 2. The third kappa shape index (κ3) is 4.34. The molecule has 1 heterocycles. The van der Waals surface area contributed by atoms with Crippen molar-refractivity contribution in [3.63, 3.8) is 0 Å². The monoisotopic (exact) mass is 368 g/mol. The molecular weight excluding hydrogens is 347 g/mol. The van der Waals surface area contributed by atoms with Crippen LogP contribution >= 0.6 is 0 Å². The molecule has 6 heteroatoms. The van der Waals surface area contributed by atoms with Crippen LogP contribution in [-0.4, -0.2) is 24.5 Å². The number of anilines is 2. The highest BCUT2D eigenvalue weighted by molar-refractivity contribution is 6.03. The second-order valence-electron chi connectivity index (χ2n) is 6.31. The van der Waals surface area contributed by atoms with E-state index in [-0.39, 0.29) is 17.6 Å². The second kappa shape index (κ2) is 8.03. The summed E-state index contributed by atoms with van der Waals surface area (Å²) in [5.41, 5.74) is 2.00. The van der Waals surface area contributed by atoms with Crippen LogP contribution < -0.4 is 15.0 Å². The van der Waals surface area contributed by atoms with Crippen LogP contribution in [0.2, 0.25) is 0 Å². The Hall–Kier alpha value is -3.15. The molecule has 1 unspecified atom stereocenters. The zero-order chi connectivity index (χ0) is 19.4. The number of nitrogens with zero attached hydrogens (tertiary/aromatic N) is 1. The van der Waals surface area contributed by atoms with E-state index < -0.39 is 6.10 Å². The summed E-state index contributed by atoms with van der Waals surface area (Å²) in [5, 5.41) is 2.76. The molecule has 0 aliphatic carbocycles. The standard InChI is InChI=1S/C21H21FN2O3/c1-3-12-24-18-10-9-17(13-19(18)27-14(2)21(24)26)23-20(25)11-6-15-4-7-16(22)8-5-15/h4-11,13-14H,3,12H2,1-2H3,(H,23,25)/b11-6+. The third-order valence-electron chi connectivity index (χ3n) is 4.18. The first-order chi connectivity index (χ1) is 13.0. The number of fused-ring (bicyclic) bond motifs is 1. The summed E-state index contributed by atoms with van der Waals surface area (Å²) in [6.45, 7) is 4.34. The minimum absolute atomic E-state index is 0.0663. The van der Waals surface area contributed by atoms with Crippen LogP contribution in [-0.2, 0) is 9.59 Å². The number of hydrogen-bond donors (Lipinski definition) is 1. The SMILES string of the molecule is CCCN1C(=O)C(C)Oc2cc(NC(=O)/C=C/c3ccc(F)cc3)ccc21. The van der Waals surface area contributed by atoms with Crippen molar-refractivity contribution in [3.8, 4) is 5.75 Å². The zero-order valence-corrected chi connectivity index (χ0v) is 15.2. The molecule has 2 aromatic carbocycles. The Morgan fingerprint density at radius 3 is 2.70 bits per heavy atom. The highest BCUT2D eigenvalue weighted by atomic mass is 19.1.